The molecule has 0 saturated carbocycles. The SMILES string of the molecule is CCCCc1cccc(C(=O)c2ccccc2)c1CCCC. The minimum Gasteiger partial charge on any atom is -0.289 e. The first-order valence-corrected chi connectivity index (χ1v) is 8.48. The second-order valence-corrected chi connectivity index (χ2v) is 5.85. The van der Waals surface area contributed by atoms with Crippen molar-refractivity contribution in [2.75, 3.05) is 0 Å². The topological polar surface area (TPSA) is 17.1 Å². The molecule has 0 unspecified atom stereocenters. The first kappa shape index (κ1) is 16.5. The van der Waals surface area contributed by atoms with Crippen LogP contribution in [0.15, 0.2) is 48.5 Å². The zero-order valence-electron chi connectivity index (χ0n) is 13.8. The van der Waals surface area contributed by atoms with Gasteiger partial charge in [-0.25, -0.2) is 0 Å². The van der Waals surface area contributed by atoms with Crippen molar-refractivity contribution >= 4 is 5.78 Å². The Kier molecular flexibility index (Phi) is 6.39. The van der Waals surface area contributed by atoms with Crippen molar-refractivity contribution < 1.29 is 4.79 Å². The Labute approximate surface area is 134 Å². The van der Waals surface area contributed by atoms with Crippen molar-refractivity contribution in [1.82, 2.24) is 0 Å². The average Bonchev–Trinajstić information content (AvgIpc) is 2.58. The van der Waals surface area contributed by atoms with Gasteiger partial charge in [0.25, 0.3) is 0 Å². The Balaban J connectivity index is 2.38. The molecule has 0 atom stereocenters. The molecule has 0 bridgehead atoms. The monoisotopic (exact) mass is 294 g/mol. The van der Waals surface area contributed by atoms with Gasteiger partial charge in [-0.1, -0.05) is 75.2 Å². The molecule has 116 valence electrons. The van der Waals surface area contributed by atoms with E-state index in [4.69, 9.17) is 0 Å². The van der Waals surface area contributed by atoms with E-state index in [9.17, 15) is 4.79 Å². The maximum Gasteiger partial charge on any atom is 0.193 e. The number of hydrogen-bond donors (Lipinski definition) is 0. The van der Waals surface area contributed by atoms with Crippen LogP contribution in [0.2, 0.25) is 0 Å². The summed E-state index contributed by atoms with van der Waals surface area (Å²) in [7, 11) is 0. The molecular weight excluding hydrogens is 268 g/mol. The highest BCUT2D eigenvalue weighted by Crippen LogP contribution is 2.22. The summed E-state index contributed by atoms with van der Waals surface area (Å²) >= 11 is 0. The molecule has 0 aliphatic carbocycles. The number of carbonyl (C=O) groups excluding carboxylic acids is 1. The normalized spacial score (nSPS) is 10.6. The molecule has 0 amide bonds. The van der Waals surface area contributed by atoms with Gasteiger partial charge in [0.05, 0.1) is 0 Å². The number of benzene rings is 2. The Hall–Kier alpha value is -1.89. The third kappa shape index (κ3) is 4.07. The quantitative estimate of drug-likeness (QED) is 0.579. The Morgan fingerprint density at radius 1 is 0.818 bits per heavy atom. The highest BCUT2D eigenvalue weighted by Gasteiger charge is 2.15. The molecule has 0 heterocycles. The Bertz CT molecular complexity index is 599. The molecule has 22 heavy (non-hydrogen) atoms. The molecule has 1 nitrogen and oxygen atoms in total. The van der Waals surface area contributed by atoms with Crippen LogP contribution in [0.5, 0.6) is 0 Å². The summed E-state index contributed by atoms with van der Waals surface area (Å²) in [5, 5.41) is 0. The third-order valence-electron chi connectivity index (χ3n) is 4.13. The molecular formula is C21H26O. The van der Waals surface area contributed by atoms with Gasteiger partial charge in [-0.15, -0.1) is 0 Å². The van der Waals surface area contributed by atoms with Crippen LogP contribution in [0, 0.1) is 0 Å². The van der Waals surface area contributed by atoms with Crippen LogP contribution in [0.3, 0.4) is 0 Å². The van der Waals surface area contributed by atoms with Crippen LogP contribution >= 0.6 is 0 Å². The molecule has 2 aromatic carbocycles. The molecule has 0 saturated heterocycles. The largest absolute Gasteiger partial charge is 0.289 e. The van der Waals surface area contributed by atoms with Gasteiger partial charge in [-0.2, -0.15) is 0 Å². The summed E-state index contributed by atoms with van der Waals surface area (Å²) in [5.74, 6) is 0.157. The molecule has 0 spiro atoms. The lowest BCUT2D eigenvalue weighted by molar-refractivity contribution is 0.103. The van der Waals surface area contributed by atoms with E-state index in [-0.39, 0.29) is 5.78 Å². The molecule has 0 aromatic heterocycles. The summed E-state index contributed by atoms with van der Waals surface area (Å²) in [6.07, 6.45) is 6.74. The predicted octanol–water partition coefficient (Wildman–Crippen LogP) is 5.60. The van der Waals surface area contributed by atoms with Gasteiger partial charge in [-0.3, -0.25) is 4.79 Å². The van der Waals surface area contributed by atoms with Crippen molar-refractivity contribution in [1.29, 1.82) is 0 Å². The van der Waals surface area contributed by atoms with Crippen LogP contribution in [0.4, 0.5) is 0 Å². The summed E-state index contributed by atoms with van der Waals surface area (Å²) < 4.78 is 0. The molecule has 1 heteroatoms. The summed E-state index contributed by atoms with van der Waals surface area (Å²) in [6.45, 7) is 4.41. The molecule has 0 aliphatic rings. The maximum atomic E-state index is 12.9. The van der Waals surface area contributed by atoms with Gasteiger partial charge in [0.1, 0.15) is 0 Å². The lowest BCUT2D eigenvalue weighted by atomic mass is 9.89. The van der Waals surface area contributed by atoms with Crippen LogP contribution in [-0.4, -0.2) is 5.78 Å². The van der Waals surface area contributed by atoms with E-state index in [0.29, 0.717) is 0 Å². The van der Waals surface area contributed by atoms with E-state index in [1.165, 1.54) is 24.0 Å². The van der Waals surface area contributed by atoms with Gasteiger partial charge in [0.15, 0.2) is 5.78 Å². The van der Waals surface area contributed by atoms with Crippen molar-refractivity contribution in [3.8, 4) is 0 Å². The average molecular weight is 294 g/mol. The van der Waals surface area contributed by atoms with Gasteiger partial charge < -0.3 is 0 Å². The number of unbranched alkanes of at least 4 members (excludes halogenated alkanes) is 2. The highest BCUT2D eigenvalue weighted by molar-refractivity contribution is 6.10. The minimum absolute atomic E-state index is 0.157. The van der Waals surface area contributed by atoms with Crippen LogP contribution in [0.25, 0.3) is 0 Å². The standard InChI is InChI=1S/C21H26O/c1-3-5-11-17-14-10-16-20(19(17)15-6-4-2)21(22)18-12-8-7-9-13-18/h7-10,12-14,16H,3-6,11,15H2,1-2H3. The van der Waals surface area contributed by atoms with Crippen molar-refractivity contribution in [3.63, 3.8) is 0 Å². The fraction of sp³-hybridized carbons (Fsp3) is 0.381. The zero-order chi connectivity index (χ0) is 15.8. The van der Waals surface area contributed by atoms with Crippen LogP contribution in [-0.2, 0) is 12.8 Å². The van der Waals surface area contributed by atoms with E-state index < -0.39 is 0 Å². The van der Waals surface area contributed by atoms with E-state index in [1.54, 1.807) is 0 Å². The summed E-state index contributed by atoms with van der Waals surface area (Å²) in [6, 6.07) is 15.9. The van der Waals surface area contributed by atoms with Gasteiger partial charge >= 0.3 is 0 Å². The minimum atomic E-state index is 0.157. The van der Waals surface area contributed by atoms with Crippen molar-refractivity contribution in [2.45, 2.75) is 52.4 Å². The van der Waals surface area contributed by atoms with Gasteiger partial charge in [-0.05, 0) is 36.8 Å². The lowest BCUT2D eigenvalue weighted by Crippen LogP contribution is -2.08. The first-order chi connectivity index (χ1) is 10.8. The van der Waals surface area contributed by atoms with Gasteiger partial charge in [0, 0.05) is 11.1 Å². The number of rotatable bonds is 8. The molecule has 2 rings (SSSR count). The van der Waals surface area contributed by atoms with Crippen LogP contribution < -0.4 is 0 Å². The predicted molar refractivity (Wildman–Crippen MR) is 93.5 cm³/mol. The second-order valence-electron chi connectivity index (χ2n) is 5.85. The van der Waals surface area contributed by atoms with E-state index in [0.717, 1.165) is 36.8 Å². The summed E-state index contributed by atoms with van der Waals surface area (Å²) in [5.41, 5.74) is 4.31. The van der Waals surface area contributed by atoms with E-state index in [1.807, 2.05) is 42.5 Å². The van der Waals surface area contributed by atoms with E-state index in [2.05, 4.69) is 19.9 Å². The molecule has 0 fully saturated rings. The highest BCUT2D eigenvalue weighted by atomic mass is 16.1. The fourth-order valence-electron chi connectivity index (χ4n) is 2.84. The number of hydrogen-bond acceptors (Lipinski definition) is 1. The molecule has 0 N–H and O–H groups in total. The zero-order valence-corrected chi connectivity index (χ0v) is 13.8. The second kappa shape index (κ2) is 8.53. The van der Waals surface area contributed by atoms with Crippen molar-refractivity contribution in [2.24, 2.45) is 0 Å². The molecule has 2 aromatic rings. The lowest BCUT2D eigenvalue weighted by Gasteiger charge is -2.14. The maximum absolute atomic E-state index is 12.9. The third-order valence-corrected chi connectivity index (χ3v) is 4.13. The number of ketones is 1. The number of carbonyl (C=O) groups is 1. The first-order valence-electron chi connectivity index (χ1n) is 8.48. The fourth-order valence-corrected chi connectivity index (χ4v) is 2.84. The Morgan fingerprint density at radius 3 is 2.18 bits per heavy atom. The Morgan fingerprint density at radius 2 is 1.50 bits per heavy atom. The molecule has 0 aliphatic heterocycles. The summed E-state index contributed by atoms with van der Waals surface area (Å²) in [4.78, 5) is 12.9. The number of aryl methyl sites for hydroxylation is 1. The van der Waals surface area contributed by atoms with E-state index >= 15 is 0 Å². The molecule has 0 radical (unpaired) electrons. The van der Waals surface area contributed by atoms with Gasteiger partial charge in [0.2, 0.25) is 0 Å². The van der Waals surface area contributed by atoms with Crippen molar-refractivity contribution in [3.05, 3.63) is 70.8 Å². The van der Waals surface area contributed by atoms with Crippen LogP contribution in [0.1, 0.15) is 66.6 Å². The smallest absolute Gasteiger partial charge is 0.193 e.